The van der Waals surface area contributed by atoms with E-state index in [2.05, 4.69) is 55.5 Å². The van der Waals surface area contributed by atoms with Crippen molar-refractivity contribution in [3.05, 3.63) is 144 Å². The molecule has 1 fully saturated rings. The molecule has 4 aromatic rings. The zero-order valence-corrected chi connectivity index (χ0v) is 28.4. The van der Waals surface area contributed by atoms with Crippen LogP contribution in [0.25, 0.3) is 0 Å². The predicted octanol–water partition coefficient (Wildman–Crippen LogP) is 9.06. The van der Waals surface area contributed by atoms with Gasteiger partial charge in [-0.05, 0) is 28.7 Å². The lowest BCUT2D eigenvalue weighted by molar-refractivity contribution is -0.328. The number of hydrogen-bond donors (Lipinski definition) is 0. The molecule has 4 aromatic carbocycles. The van der Waals surface area contributed by atoms with Gasteiger partial charge in [0.25, 0.3) is 0 Å². The molecule has 1 aliphatic heterocycles. The Morgan fingerprint density at radius 1 is 0.458 bits per heavy atom. The highest BCUT2D eigenvalue weighted by Gasteiger charge is 2.49. The van der Waals surface area contributed by atoms with Crippen molar-refractivity contribution in [3.8, 4) is 0 Å². The third-order valence-electron chi connectivity index (χ3n) is 8.62. The minimum Gasteiger partial charge on any atom is -0.374 e. The lowest BCUT2D eigenvalue weighted by atomic mass is 9.97. The number of rotatable bonds is 21. The van der Waals surface area contributed by atoms with Gasteiger partial charge in [-0.25, -0.2) is 0 Å². The van der Waals surface area contributed by atoms with E-state index in [1.165, 1.54) is 25.7 Å². The summed E-state index contributed by atoms with van der Waals surface area (Å²) in [5.74, 6) is 0. The summed E-state index contributed by atoms with van der Waals surface area (Å²) in [7, 11) is 0. The van der Waals surface area contributed by atoms with Crippen LogP contribution in [0.15, 0.2) is 121 Å². The van der Waals surface area contributed by atoms with Crippen molar-refractivity contribution in [3.63, 3.8) is 0 Å². The largest absolute Gasteiger partial charge is 0.374 e. The lowest BCUT2D eigenvalue weighted by Gasteiger charge is -2.46. The molecule has 1 aliphatic rings. The van der Waals surface area contributed by atoms with Crippen LogP contribution in [0.1, 0.15) is 67.7 Å². The first-order valence-electron chi connectivity index (χ1n) is 17.7. The van der Waals surface area contributed by atoms with Gasteiger partial charge in [-0.3, -0.25) is 0 Å². The molecule has 0 aliphatic carbocycles. The van der Waals surface area contributed by atoms with Crippen LogP contribution in [0.5, 0.6) is 0 Å². The molecule has 5 atom stereocenters. The molecule has 256 valence electrons. The van der Waals surface area contributed by atoms with Crippen LogP contribution < -0.4 is 0 Å². The highest BCUT2D eigenvalue weighted by molar-refractivity contribution is 5.16. The third kappa shape index (κ3) is 12.0. The van der Waals surface area contributed by atoms with E-state index in [9.17, 15) is 0 Å². The van der Waals surface area contributed by atoms with Crippen molar-refractivity contribution >= 4 is 0 Å². The molecule has 1 saturated heterocycles. The summed E-state index contributed by atoms with van der Waals surface area (Å²) in [5, 5.41) is 0. The van der Waals surface area contributed by atoms with Crippen molar-refractivity contribution < 1.29 is 28.4 Å². The van der Waals surface area contributed by atoms with Gasteiger partial charge in [0.05, 0.1) is 33.0 Å². The molecule has 6 heteroatoms. The van der Waals surface area contributed by atoms with Crippen LogP contribution in [0.3, 0.4) is 0 Å². The molecular weight excluding hydrogens is 600 g/mol. The van der Waals surface area contributed by atoms with E-state index in [1.807, 2.05) is 72.8 Å². The quantitative estimate of drug-likeness (QED) is 0.0838. The molecule has 0 amide bonds. The third-order valence-corrected chi connectivity index (χ3v) is 8.62. The van der Waals surface area contributed by atoms with E-state index in [0.717, 1.165) is 35.1 Å². The normalized spacial score (nSPS) is 20.9. The van der Waals surface area contributed by atoms with E-state index in [0.29, 0.717) is 39.6 Å². The molecule has 0 bridgehead atoms. The maximum absolute atomic E-state index is 6.80. The first-order valence-corrected chi connectivity index (χ1v) is 17.7. The zero-order chi connectivity index (χ0) is 33.1. The summed E-state index contributed by atoms with van der Waals surface area (Å²) in [6.45, 7) is 4.83. The fraction of sp³-hybridized carbons (Fsp3) is 0.429. The Kier molecular flexibility index (Phi) is 15.6. The Morgan fingerprint density at radius 3 is 1.42 bits per heavy atom. The monoisotopic (exact) mass is 652 g/mol. The van der Waals surface area contributed by atoms with Gasteiger partial charge in [0.15, 0.2) is 6.29 Å². The van der Waals surface area contributed by atoms with Gasteiger partial charge >= 0.3 is 0 Å². The number of benzene rings is 4. The van der Waals surface area contributed by atoms with E-state index in [4.69, 9.17) is 28.4 Å². The zero-order valence-electron chi connectivity index (χ0n) is 28.4. The summed E-state index contributed by atoms with van der Waals surface area (Å²) < 4.78 is 39.8. The maximum atomic E-state index is 6.80. The minimum atomic E-state index is -0.646. The van der Waals surface area contributed by atoms with Gasteiger partial charge in [0.1, 0.15) is 24.4 Å². The first kappa shape index (κ1) is 35.9. The fourth-order valence-electron chi connectivity index (χ4n) is 5.96. The minimum absolute atomic E-state index is 0.321. The van der Waals surface area contributed by atoms with E-state index >= 15 is 0 Å². The van der Waals surface area contributed by atoms with Gasteiger partial charge in [-0.15, -0.1) is 0 Å². The van der Waals surface area contributed by atoms with Crippen LogP contribution >= 0.6 is 0 Å². The Labute approximate surface area is 287 Å². The van der Waals surface area contributed by atoms with Gasteiger partial charge in [0.2, 0.25) is 0 Å². The smallest absolute Gasteiger partial charge is 0.186 e. The molecular formula is C42H52O6. The van der Waals surface area contributed by atoms with Crippen LogP contribution in [-0.2, 0) is 54.8 Å². The van der Waals surface area contributed by atoms with Crippen molar-refractivity contribution in [2.75, 3.05) is 13.2 Å². The molecule has 0 aromatic heterocycles. The summed E-state index contributed by atoms with van der Waals surface area (Å²) in [5.41, 5.74) is 4.33. The van der Waals surface area contributed by atoms with Crippen molar-refractivity contribution in [2.45, 2.75) is 103 Å². The average molecular weight is 653 g/mol. The second kappa shape index (κ2) is 20.9. The molecule has 0 spiro atoms. The molecule has 0 saturated carbocycles. The van der Waals surface area contributed by atoms with Gasteiger partial charge in [-0.2, -0.15) is 0 Å². The molecule has 48 heavy (non-hydrogen) atoms. The number of hydrogen-bond acceptors (Lipinski definition) is 6. The van der Waals surface area contributed by atoms with Crippen molar-refractivity contribution in [2.24, 2.45) is 0 Å². The summed E-state index contributed by atoms with van der Waals surface area (Å²) in [6.07, 6.45) is 4.51. The second-order valence-electron chi connectivity index (χ2n) is 12.5. The van der Waals surface area contributed by atoms with E-state index < -0.39 is 30.7 Å². The van der Waals surface area contributed by atoms with Gasteiger partial charge in [0, 0.05) is 6.61 Å². The van der Waals surface area contributed by atoms with Gasteiger partial charge < -0.3 is 28.4 Å². The average Bonchev–Trinajstić information content (AvgIpc) is 3.14. The van der Waals surface area contributed by atoms with Crippen molar-refractivity contribution in [1.29, 1.82) is 0 Å². The van der Waals surface area contributed by atoms with Crippen LogP contribution in [0, 0.1) is 0 Å². The predicted molar refractivity (Wildman–Crippen MR) is 189 cm³/mol. The fourth-order valence-corrected chi connectivity index (χ4v) is 5.96. The molecule has 1 heterocycles. The van der Waals surface area contributed by atoms with Crippen LogP contribution in [0.4, 0.5) is 0 Å². The first-order chi connectivity index (χ1) is 23.8. The summed E-state index contributed by atoms with van der Waals surface area (Å²) >= 11 is 0. The van der Waals surface area contributed by atoms with Crippen molar-refractivity contribution in [1.82, 2.24) is 0 Å². The highest BCUT2D eigenvalue weighted by atomic mass is 16.7. The van der Waals surface area contributed by atoms with Gasteiger partial charge in [-0.1, -0.05) is 160 Å². The molecule has 6 nitrogen and oxygen atoms in total. The molecule has 0 N–H and O–H groups in total. The molecule has 5 rings (SSSR count). The number of unbranched alkanes of at least 4 members (excludes halogenated alkanes) is 5. The molecule has 0 unspecified atom stereocenters. The van der Waals surface area contributed by atoms with Crippen LogP contribution in [-0.4, -0.2) is 43.9 Å². The van der Waals surface area contributed by atoms with E-state index in [1.54, 1.807) is 0 Å². The van der Waals surface area contributed by atoms with E-state index in [-0.39, 0.29) is 0 Å². The highest BCUT2D eigenvalue weighted by Crippen LogP contribution is 2.32. The Balaban J connectivity index is 1.38. The Hall–Kier alpha value is -3.36. The molecule has 0 radical (unpaired) electrons. The Bertz CT molecular complexity index is 1370. The SMILES string of the molecule is CCCCCCCCO[C@@H]1O[C@H](COCc2ccccc2)[C@@H](OCc2ccccc2)[C@H](OCc2ccccc2)[C@@H]1OCc1ccccc1. The topological polar surface area (TPSA) is 55.4 Å². The summed E-state index contributed by atoms with van der Waals surface area (Å²) in [4.78, 5) is 0. The summed E-state index contributed by atoms with van der Waals surface area (Å²) in [6, 6.07) is 40.8. The maximum Gasteiger partial charge on any atom is 0.186 e. The lowest BCUT2D eigenvalue weighted by Crippen LogP contribution is -2.61. The Morgan fingerprint density at radius 2 is 0.896 bits per heavy atom. The standard InChI is InChI=1S/C42H52O6/c1-2-3-4-5-6-19-28-44-42-41(47-32-37-26-17-10-18-27-37)40(46-31-36-24-15-9-16-25-36)39(45-30-35-22-13-8-14-23-35)38(48-42)33-43-29-34-20-11-7-12-21-34/h7-18,20-27,38-42H,2-6,19,28-33H2,1H3/t38-,39-,40+,41+,42-/m1/s1. The van der Waals surface area contributed by atoms with Crippen LogP contribution in [0.2, 0.25) is 0 Å². The second-order valence-corrected chi connectivity index (χ2v) is 12.5. The number of ether oxygens (including phenoxy) is 6.